The summed E-state index contributed by atoms with van der Waals surface area (Å²) in [5.74, 6) is 1.51. The Bertz CT molecular complexity index is 875. The summed E-state index contributed by atoms with van der Waals surface area (Å²) in [6.45, 7) is 8.91. The smallest absolute Gasteiger partial charge is 0.268 e. The summed E-state index contributed by atoms with van der Waals surface area (Å²) in [5, 5.41) is 8.33. The molecule has 0 fully saturated rings. The molecule has 0 saturated carbocycles. The van der Waals surface area contributed by atoms with Crippen molar-refractivity contribution in [2.75, 3.05) is 6.54 Å². The average Bonchev–Trinajstić information content (AvgIpc) is 2.99. The maximum atomic E-state index is 12.4. The number of nitrogens with one attached hydrogen (secondary N) is 2. The molecule has 120 valence electrons. The molecule has 0 bridgehead atoms. The number of fused-ring (bicyclic) bond motifs is 1. The van der Waals surface area contributed by atoms with Gasteiger partial charge in [0.1, 0.15) is 17.3 Å². The Morgan fingerprint density at radius 1 is 1.26 bits per heavy atom. The van der Waals surface area contributed by atoms with Crippen LogP contribution in [0.1, 0.15) is 33.3 Å². The lowest BCUT2D eigenvalue weighted by Crippen LogP contribution is -2.28. The molecule has 6 nitrogen and oxygen atoms in total. The standard InChI is InChI=1S/C17H21N5O/c1-10-5-6-15-14(9-10)11(2)16(20-15)17(23)18-7-8-22-13(4)19-12(3)21-22/h5-6,9,20H,7-8H2,1-4H3,(H,18,23). The topological polar surface area (TPSA) is 75.6 Å². The van der Waals surface area contributed by atoms with Crippen LogP contribution in [0.25, 0.3) is 10.9 Å². The number of rotatable bonds is 4. The monoisotopic (exact) mass is 311 g/mol. The summed E-state index contributed by atoms with van der Waals surface area (Å²) in [7, 11) is 0. The minimum Gasteiger partial charge on any atom is -0.350 e. The van der Waals surface area contributed by atoms with Crippen molar-refractivity contribution in [3.63, 3.8) is 0 Å². The molecule has 23 heavy (non-hydrogen) atoms. The van der Waals surface area contributed by atoms with Crippen LogP contribution >= 0.6 is 0 Å². The van der Waals surface area contributed by atoms with Crippen LogP contribution in [0.3, 0.4) is 0 Å². The van der Waals surface area contributed by atoms with E-state index < -0.39 is 0 Å². The molecule has 0 unspecified atom stereocenters. The molecule has 2 aromatic heterocycles. The molecule has 3 aromatic rings. The number of hydrogen-bond donors (Lipinski definition) is 2. The van der Waals surface area contributed by atoms with Crippen molar-refractivity contribution in [3.05, 3.63) is 46.7 Å². The van der Waals surface area contributed by atoms with E-state index >= 15 is 0 Å². The van der Waals surface area contributed by atoms with Gasteiger partial charge in [-0.25, -0.2) is 9.67 Å². The van der Waals surface area contributed by atoms with Crippen LogP contribution < -0.4 is 5.32 Å². The Kier molecular flexibility index (Phi) is 3.90. The van der Waals surface area contributed by atoms with Gasteiger partial charge < -0.3 is 10.3 Å². The largest absolute Gasteiger partial charge is 0.350 e. The van der Waals surface area contributed by atoms with Gasteiger partial charge >= 0.3 is 0 Å². The van der Waals surface area contributed by atoms with E-state index in [2.05, 4.69) is 26.4 Å². The van der Waals surface area contributed by atoms with E-state index in [0.717, 1.165) is 28.1 Å². The van der Waals surface area contributed by atoms with E-state index in [9.17, 15) is 4.79 Å². The highest BCUT2D eigenvalue weighted by molar-refractivity contribution is 6.00. The number of amides is 1. The Morgan fingerprint density at radius 2 is 2.04 bits per heavy atom. The third-order valence-electron chi connectivity index (χ3n) is 4.01. The predicted molar refractivity (Wildman–Crippen MR) is 89.6 cm³/mol. The molecule has 0 aliphatic heterocycles. The molecule has 1 amide bonds. The van der Waals surface area contributed by atoms with Crippen molar-refractivity contribution in [2.45, 2.75) is 34.2 Å². The summed E-state index contributed by atoms with van der Waals surface area (Å²) in [4.78, 5) is 19.9. The molecule has 2 N–H and O–H groups in total. The first-order valence-corrected chi connectivity index (χ1v) is 7.71. The first kappa shape index (κ1) is 15.3. The SMILES string of the molecule is Cc1ccc2[nH]c(C(=O)NCCn3nc(C)nc3C)c(C)c2c1. The van der Waals surface area contributed by atoms with E-state index in [0.29, 0.717) is 18.8 Å². The average molecular weight is 311 g/mol. The Hall–Kier alpha value is -2.63. The van der Waals surface area contributed by atoms with Crippen LogP contribution in [0.5, 0.6) is 0 Å². The first-order valence-electron chi connectivity index (χ1n) is 7.71. The van der Waals surface area contributed by atoms with Gasteiger partial charge in [0.2, 0.25) is 0 Å². The zero-order valence-electron chi connectivity index (χ0n) is 13.9. The molecule has 2 heterocycles. The lowest BCUT2D eigenvalue weighted by Gasteiger charge is -2.06. The third-order valence-corrected chi connectivity index (χ3v) is 4.01. The van der Waals surface area contributed by atoms with Gasteiger partial charge in [0, 0.05) is 17.4 Å². The van der Waals surface area contributed by atoms with Crippen molar-refractivity contribution < 1.29 is 4.79 Å². The maximum absolute atomic E-state index is 12.4. The molecule has 0 spiro atoms. The van der Waals surface area contributed by atoms with Crippen molar-refractivity contribution in [1.29, 1.82) is 0 Å². The van der Waals surface area contributed by atoms with Crippen LogP contribution in [0.15, 0.2) is 18.2 Å². The lowest BCUT2D eigenvalue weighted by molar-refractivity contribution is 0.0947. The fraction of sp³-hybridized carbons (Fsp3) is 0.353. The van der Waals surface area contributed by atoms with Crippen LogP contribution in [0.2, 0.25) is 0 Å². The number of aromatic amines is 1. The third kappa shape index (κ3) is 2.97. The summed E-state index contributed by atoms with van der Waals surface area (Å²) in [5.41, 5.74) is 3.77. The molecule has 6 heteroatoms. The molecule has 1 aromatic carbocycles. The highest BCUT2D eigenvalue weighted by atomic mass is 16.1. The molecular weight excluding hydrogens is 290 g/mol. The van der Waals surface area contributed by atoms with Crippen LogP contribution in [0.4, 0.5) is 0 Å². The van der Waals surface area contributed by atoms with Crippen molar-refractivity contribution in [2.24, 2.45) is 0 Å². The Balaban J connectivity index is 1.71. The number of aromatic nitrogens is 4. The Labute approximate surface area is 134 Å². The van der Waals surface area contributed by atoms with E-state index in [1.54, 1.807) is 4.68 Å². The zero-order valence-corrected chi connectivity index (χ0v) is 13.9. The van der Waals surface area contributed by atoms with Gasteiger partial charge in [-0.1, -0.05) is 11.6 Å². The van der Waals surface area contributed by atoms with Crippen molar-refractivity contribution in [1.82, 2.24) is 25.1 Å². The molecule has 0 atom stereocenters. The second kappa shape index (κ2) is 5.87. The second-order valence-corrected chi connectivity index (χ2v) is 5.86. The van der Waals surface area contributed by atoms with Gasteiger partial charge in [-0.15, -0.1) is 0 Å². The van der Waals surface area contributed by atoms with Gasteiger partial charge in [-0.05, 0) is 45.4 Å². The molecule has 0 aliphatic rings. The zero-order chi connectivity index (χ0) is 16.6. The minimum atomic E-state index is -0.0918. The van der Waals surface area contributed by atoms with Crippen LogP contribution in [-0.2, 0) is 6.54 Å². The number of carbonyl (C=O) groups excluding carboxylic acids is 1. The maximum Gasteiger partial charge on any atom is 0.268 e. The first-order chi connectivity index (χ1) is 11.0. The summed E-state index contributed by atoms with van der Waals surface area (Å²) >= 11 is 0. The fourth-order valence-corrected chi connectivity index (χ4v) is 2.80. The number of H-pyrrole nitrogens is 1. The van der Waals surface area contributed by atoms with E-state index in [1.807, 2.05) is 39.8 Å². The minimum absolute atomic E-state index is 0.0918. The van der Waals surface area contributed by atoms with Gasteiger partial charge in [0.05, 0.1) is 6.54 Å². The van der Waals surface area contributed by atoms with E-state index in [4.69, 9.17) is 0 Å². The highest BCUT2D eigenvalue weighted by Crippen LogP contribution is 2.22. The van der Waals surface area contributed by atoms with Gasteiger partial charge in [0.25, 0.3) is 5.91 Å². The lowest BCUT2D eigenvalue weighted by atomic mass is 10.1. The van der Waals surface area contributed by atoms with Gasteiger partial charge in [-0.2, -0.15) is 5.10 Å². The van der Waals surface area contributed by atoms with Gasteiger partial charge in [0.15, 0.2) is 0 Å². The van der Waals surface area contributed by atoms with Crippen molar-refractivity contribution in [3.8, 4) is 0 Å². The molecular formula is C17H21N5O. The molecule has 0 radical (unpaired) electrons. The highest BCUT2D eigenvalue weighted by Gasteiger charge is 2.14. The van der Waals surface area contributed by atoms with Crippen LogP contribution in [0, 0.1) is 27.7 Å². The summed E-state index contributed by atoms with van der Waals surface area (Å²) in [6, 6.07) is 6.14. The second-order valence-electron chi connectivity index (χ2n) is 5.86. The molecule has 0 aliphatic carbocycles. The van der Waals surface area contributed by atoms with E-state index in [-0.39, 0.29) is 5.91 Å². The number of hydrogen-bond acceptors (Lipinski definition) is 3. The Morgan fingerprint density at radius 3 is 2.74 bits per heavy atom. The van der Waals surface area contributed by atoms with Gasteiger partial charge in [-0.3, -0.25) is 4.79 Å². The summed E-state index contributed by atoms with van der Waals surface area (Å²) in [6.07, 6.45) is 0. The number of carbonyl (C=O) groups is 1. The predicted octanol–water partition coefficient (Wildman–Crippen LogP) is 2.42. The van der Waals surface area contributed by atoms with Crippen molar-refractivity contribution >= 4 is 16.8 Å². The number of aryl methyl sites for hydroxylation is 4. The molecule has 0 saturated heterocycles. The normalized spacial score (nSPS) is 11.1. The quantitative estimate of drug-likeness (QED) is 0.777. The van der Waals surface area contributed by atoms with E-state index in [1.165, 1.54) is 5.56 Å². The van der Waals surface area contributed by atoms with Crippen LogP contribution in [-0.4, -0.2) is 32.2 Å². The fourth-order valence-electron chi connectivity index (χ4n) is 2.80. The number of benzene rings is 1. The summed E-state index contributed by atoms with van der Waals surface area (Å²) < 4.78 is 1.80. The molecule has 3 rings (SSSR count). The number of nitrogens with zero attached hydrogens (tertiary/aromatic N) is 3.